The van der Waals surface area contributed by atoms with E-state index in [9.17, 15) is 3.08 Å². The van der Waals surface area contributed by atoms with Crippen molar-refractivity contribution in [1.29, 1.82) is 0 Å². The van der Waals surface area contributed by atoms with Crippen LogP contribution in [0.1, 0.15) is 6.92 Å². The Morgan fingerprint density at radius 2 is 2.29 bits per heavy atom. The molecule has 0 aliphatic heterocycles. The van der Waals surface area contributed by atoms with E-state index >= 15 is 0 Å². The van der Waals surface area contributed by atoms with Crippen molar-refractivity contribution < 1.29 is 9.23 Å². The molecular formula is C3H8O3Sn. The van der Waals surface area contributed by atoms with E-state index in [1.165, 1.54) is 7.11 Å². The molecule has 0 N–H and O–H groups in total. The molecule has 3 nitrogen and oxygen atoms in total. The molecule has 0 bridgehead atoms. The topological polar surface area (TPSA) is 35.5 Å². The molecule has 0 radical (unpaired) electrons. The number of hydrogen-bond acceptors (Lipinski definition) is 3. The summed E-state index contributed by atoms with van der Waals surface area (Å²) in [6.07, 6.45) is 0. The normalized spacial score (nSPS) is 8.86. The van der Waals surface area contributed by atoms with Crippen LogP contribution in [0, 0.1) is 0 Å². The van der Waals surface area contributed by atoms with Gasteiger partial charge in [-0.05, 0) is 0 Å². The summed E-state index contributed by atoms with van der Waals surface area (Å²) in [6.45, 7) is 2.28. The Kier molecular flexibility index (Phi) is 5.02. The van der Waals surface area contributed by atoms with Crippen LogP contribution in [0.2, 0.25) is 0 Å². The van der Waals surface area contributed by atoms with Crippen molar-refractivity contribution >= 4 is 20.6 Å². The number of hydrogen-bond donors (Lipinski definition) is 0. The van der Waals surface area contributed by atoms with Gasteiger partial charge in [0.15, 0.2) is 0 Å². The quantitative estimate of drug-likeness (QED) is 0.620. The summed E-state index contributed by atoms with van der Waals surface area (Å²) in [5.41, 5.74) is 0. The average Bonchev–Trinajstić information content (AvgIpc) is 1.68. The van der Waals surface area contributed by atoms with Gasteiger partial charge in [-0.1, -0.05) is 0 Å². The zero-order valence-corrected chi connectivity index (χ0v) is 7.29. The Morgan fingerprint density at radius 3 is 2.43 bits per heavy atom. The summed E-state index contributed by atoms with van der Waals surface area (Å²) in [4.78, 5) is 0. The third kappa shape index (κ3) is 4.37. The zero-order valence-electron chi connectivity index (χ0n) is 4.43. The summed E-state index contributed by atoms with van der Waals surface area (Å²) in [5.74, 6) is 0. The van der Waals surface area contributed by atoms with Crippen molar-refractivity contribution in [3.8, 4) is 0 Å². The Balaban J connectivity index is 3.00. The van der Waals surface area contributed by atoms with Crippen molar-refractivity contribution in [3.63, 3.8) is 0 Å². The SMILES string of the molecule is CC[O][Sn](=[O])[O]C. The molecule has 42 valence electrons. The van der Waals surface area contributed by atoms with Crippen LogP contribution in [0.15, 0.2) is 0 Å². The van der Waals surface area contributed by atoms with Crippen LogP contribution < -0.4 is 0 Å². The fourth-order valence-electron chi connectivity index (χ4n) is 0.177. The molecule has 0 unspecified atom stereocenters. The van der Waals surface area contributed by atoms with Crippen LogP contribution in [0.25, 0.3) is 0 Å². The molecule has 0 saturated carbocycles. The number of rotatable bonds is 3. The molecule has 0 rings (SSSR count). The summed E-state index contributed by atoms with van der Waals surface area (Å²) in [5, 5.41) is 0. The van der Waals surface area contributed by atoms with Gasteiger partial charge in [-0.25, -0.2) is 0 Å². The Bertz CT molecular complexity index is 63.2. The first kappa shape index (κ1) is 7.52. The minimum atomic E-state index is -2.90. The van der Waals surface area contributed by atoms with Crippen LogP contribution >= 0.6 is 0 Å². The van der Waals surface area contributed by atoms with Crippen LogP contribution in [-0.4, -0.2) is 34.3 Å². The third-order valence-electron chi connectivity index (χ3n) is 0.429. The Labute approximate surface area is 50.8 Å². The predicted molar refractivity (Wildman–Crippen MR) is 25.1 cm³/mol. The standard InChI is InChI=1S/C2H5O.CH3O.O.Sn/c1-2-3;1-2;;/h2H2,1H3;1H3;;/q2*-1;;+2. The van der Waals surface area contributed by atoms with Gasteiger partial charge < -0.3 is 0 Å². The van der Waals surface area contributed by atoms with Crippen molar-refractivity contribution in [3.05, 3.63) is 0 Å². The molecular weight excluding hydrogens is 203 g/mol. The molecule has 0 aromatic heterocycles. The second kappa shape index (κ2) is 4.67. The van der Waals surface area contributed by atoms with Crippen molar-refractivity contribution in [1.82, 2.24) is 0 Å². The molecule has 0 aliphatic carbocycles. The monoisotopic (exact) mass is 212 g/mol. The van der Waals surface area contributed by atoms with Gasteiger partial charge in [0.25, 0.3) is 0 Å². The zero-order chi connectivity index (χ0) is 5.70. The van der Waals surface area contributed by atoms with Gasteiger partial charge in [0.05, 0.1) is 0 Å². The van der Waals surface area contributed by atoms with E-state index in [0.29, 0.717) is 6.61 Å². The van der Waals surface area contributed by atoms with E-state index in [0.717, 1.165) is 0 Å². The second-order valence-corrected chi connectivity index (χ2v) is 4.30. The van der Waals surface area contributed by atoms with Gasteiger partial charge in [-0.15, -0.1) is 0 Å². The van der Waals surface area contributed by atoms with Crippen LogP contribution in [-0.2, 0) is 9.23 Å². The molecule has 0 amide bonds. The first-order chi connectivity index (χ1) is 3.31. The second-order valence-electron chi connectivity index (χ2n) is 0.887. The maximum absolute atomic E-state index is 10.2. The summed E-state index contributed by atoms with van der Waals surface area (Å²) >= 11 is -2.90. The molecule has 7 heavy (non-hydrogen) atoms. The van der Waals surface area contributed by atoms with Gasteiger partial charge in [-0.3, -0.25) is 0 Å². The van der Waals surface area contributed by atoms with Crippen molar-refractivity contribution in [2.75, 3.05) is 13.7 Å². The van der Waals surface area contributed by atoms with E-state index in [1.807, 2.05) is 0 Å². The Morgan fingerprint density at radius 1 is 1.71 bits per heavy atom. The fourth-order valence-corrected chi connectivity index (χ4v) is 1.19. The van der Waals surface area contributed by atoms with Gasteiger partial charge in [0.2, 0.25) is 0 Å². The van der Waals surface area contributed by atoms with E-state index in [-0.39, 0.29) is 0 Å². The summed E-state index contributed by atoms with van der Waals surface area (Å²) in [6, 6.07) is 0. The van der Waals surface area contributed by atoms with E-state index in [1.54, 1.807) is 6.92 Å². The molecule has 0 saturated heterocycles. The minimum absolute atomic E-state index is 0.492. The van der Waals surface area contributed by atoms with Crippen molar-refractivity contribution in [2.45, 2.75) is 6.92 Å². The molecule has 0 spiro atoms. The molecule has 0 aromatic carbocycles. The predicted octanol–water partition coefficient (Wildman–Crippen LogP) is 0.0847. The van der Waals surface area contributed by atoms with Crippen LogP contribution in [0.5, 0.6) is 0 Å². The fraction of sp³-hybridized carbons (Fsp3) is 1.00. The van der Waals surface area contributed by atoms with Crippen molar-refractivity contribution in [2.24, 2.45) is 0 Å². The van der Waals surface area contributed by atoms with E-state index < -0.39 is 20.6 Å². The first-order valence-corrected chi connectivity index (χ1v) is 5.51. The molecule has 4 heteroatoms. The van der Waals surface area contributed by atoms with Crippen LogP contribution in [0.3, 0.4) is 0 Å². The average molecular weight is 211 g/mol. The van der Waals surface area contributed by atoms with Gasteiger partial charge in [0.1, 0.15) is 0 Å². The van der Waals surface area contributed by atoms with Gasteiger partial charge in [0, 0.05) is 0 Å². The maximum atomic E-state index is 10.2. The van der Waals surface area contributed by atoms with E-state index in [4.69, 9.17) is 0 Å². The van der Waals surface area contributed by atoms with Gasteiger partial charge >= 0.3 is 50.4 Å². The molecule has 0 aromatic rings. The molecule has 0 fully saturated rings. The van der Waals surface area contributed by atoms with Crippen LogP contribution in [0.4, 0.5) is 0 Å². The molecule has 0 atom stereocenters. The molecule has 0 heterocycles. The molecule has 0 aliphatic rings. The summed E-state index contributed by atoms with van der Waals surface area (Å²) in [7, 11) is 1.40. The first-order valence-electron chi connectivity index (χ1n) is 2.02. The van der Waals surface area contributed by atoms with E-state index in [2.05, 4.69) is 6.15 Å². The third-order valence-corrected chi connectivity index (χ3v) is 2.88. The summed E-state index contributed by atoms with van der Waals surface area (Å²) < 4.78 is 19.3. The van der Waals surface area contributed by atoms with Gasteiger partial charge in [-0.2, -0.15) is 0 Å². The Hall–Kier alpha value is 0.519.